The average molecular weight is 421 g/mol. The van der Waals surface area contributed by atoms with E-state index in [1.54, 1.807) is 18.2 Å². The highest BCUT2D eigenvalue weighted by molar-refractivity contribution is 9.10. The second-order valence-electron chi connectivity index (χ2n) is 5.52. The highest BCUT2D eigenvalue weighted by atomic mass is 79.9. The normalized spacial score (nSPS) is 13.1. The van der Waals surface area contributed by atoms with Gasteiger partial charge in [0.1, 0.15) is 5.82 Å². The van der Waals surface area contributed by atoms with Crippen LogP contribution < -0.4 is 10.0 Å². The number of amides is 1. The third-order valence-corrected chi connectivity index (χ3v) is 5.88. The molecule has 5 nitrogen and oxygen atoms in total. The Bertz CT molecular complexity index is 1160. The summed E-state index contributed by atoms with van der Waals surface area (Å²) in [6.45, 7) is 0. The molecule has 1 aliphatic rings. The van der Waals surface area contributed by atoms with Crippen LogP contribution in [0.4, 0.5) is 15.8 Å². The number of benzene rings is 3. The van der Waals surface area contributed by atoms with Crippen molar-refractivity contribution in [3.05, 3.63) is 64.4 Å². The third-order valence-electron chi connectivity index (χ3n) is 3.96. The van der Waals surface area contributed by atoms with Gasteiger partial charge in [0.15, 0.2) is 0 Å². The lowest BCUT2D eigenvalue weighted by molar-refractivity contribution is 0.103. The maximum Gasteiger partial charge on any atom is 0.262 e. The molecule has 0 saturated carbocycles. The van der Waals surface area contributed by atoms with Gasteiger partial charge in [-0.15, -0.1) is 0 Å². The van der Waals surface area contributed by atoms with E-state index in [9.17, 15) is 17.6 Å². The van der Waals surface area contributed by atoms with E-state index >= 15 is 0 Å². The van der Waals surface area contributed by atoms with Gasteiger partial charge in [-0.2, -0.15) is 0 Å². The van der Waals surface area contributed by atoms with Crippen LogP contribution in [0.5, 0.6) is 0 Å². The Hall–Kier alpha value is -2.45. The van der Waals surface area contributed by atoms with E-state index in [-0.39, 0.29) is 16.5 Å². The first-order valence-corrected chi connectivity index (χ1v) is 9.49. The van der Waals surface area contributed by atoms with Crippen molar-refractivity contribution in [3.63, 3.8) is 0 Å². The topological polar surface area (TPSA) is 75.3 Å². The molecule has 0 radical (unpaired) electrons. The summed E-state index contributed by atoms with van der Waals surface area (Å²) >= 11 is 3.13. The summed E-state index contributed by atoms with van der Waals surface area (Å²) in [6.07, 6.45) is 0. The Morgan fingerprint density at radius 1 is 1.08 bits per heavy atom. The molecule has 1 amide bonds. The lowest BCUT2D eigenvalue weighted by atomic mass is 10.1. The lowest BCUT2D eigenvalue weighted by Gasteiger charge is -2.12. The van der Waals surface area contributed by atoms with E-state index in [0.29, 0.717) is 26.5 Å². The number of hydrogen-bond acceptors (Lipinski definition) is 3. The van der Waals surface area contributed by atoms with E-state index in [0.717, 1.165) is 0 Å². The molecule has 0 fully saturated rings. The largest absolute Gasteiger partial charge is 0.321 e. The quantitative estimate of drug-likeness (QED) is 0.669. The molecule has 126 valence electrons. The van der Waals surface area contributed by atoms with E-state index < -0.39 is 15.8 Å². The van der Waals surface area contributed by atoms with Crippen molar-refractivity contribution >= 4 is 54.0 Å². The molecule has 8 heteroatoms. The first-order valence-electron chi connectivity index (χ1n) is 7.22. The second-order valence-corrected chi connectivity index (χ2v) is 8.09. The monoisotopic (exact) mass is 420 g/mol. The predicted octanol–water partition coefficient (Wildman–Crippen LogP) is 4.11. The van der Waals surface area contributed by atoms with Crippen molar-refractivity contribution < 1.29 is 17.6 Å². The van der Waals surface area contributed by atoms with Gasteiger partial charge in [-0.05, 0) is 36.4 Å². The summed E-state index contributed by atoms with van der Waals surface area (Å²) in [5, 5.41) is 3.64. The maximum absolute atomic E-state index is 14.0. The summed E-state index contributed by atoms with van der Waals surface area (Å²) in [5.74, 6) is -0.970. The summed E-state index contributed by atoms with van der Waals surface area (Å²) < 4.78 is 42.3. The van der Waals surface area contributed by atoms with Crippen LogP contribution in [-0.4, -0.2) is 14.3 Å². The molecule has 0 aromatic heterocycles. The third kappa shape index (κ3) is 2.58. The Labute approximate surface area is 151 Å². The number of carbonyl (C=O) groups excluding carboxylic acids is 1. The van der Waals surface area contributed by atoms with Gasteiger partial charge in [-0.25, -0.2) is 12.8 Å². The van der Waals surface area contributed by atoms with Gasteiger partial charge in [0.25, 0.3) is 15.9 Å². The summed E-state index contributed by atoms with van der Waals surface area (Å²) in [7, 11) is -4.04. The first kappa shape index (κ1) is 16.0. The van der Waals surface area contributed by atoms with Crippen molar-refractivity contribution in [1.29, 1.82) is 0 Å². The smallest absolute Gasteiger partial charge is 0.262 e. The second kappa shape index (κ2) is 5.53. The fourth-order valence-electron chi connectivity index (χ4n) is 2.87. The molecule has 0 spiro atoms. The highest BCUT2D eigenvalue weighted by Crippen LogP contribution is 2.37. The van der Waals surface area contributed by atoms with Gasteiger partial charge < -0.3 is 5.32 Å². The van der Waals surface area contributed by atoms with Crippen molar-refractivity contribution in [2.45, 2.75) is 4.90 Å². The summed E-state index contributed by atoms with van der Waals surface area (Å²) in [5.41, 5.74) is 0.824. The van der Waals surface area contributed by atoms with Crippen LogP contribution in [0.3, 0.4) is 0 Å². The van der Waals surface area contributed by atoms with Gasteiger partial charge in [-0.3, -0.25) is 9.52 Å². The molecule has 1 aliphatic heterocycles. The minimum atomic E-state index is -4.04. The van der Waals surface area contributed by atoms with Crippen molar-refractivity contribution in [1.82, 2.24) is 0 Å². The van der Waals surface area contributed by atoms with Crippen LogP contribution in [0.1, 0.15) is 10.4 Å². The number of halogens is 2. The Morgan fingerprint density at radius 3 is 2.64 bits per heavy atom. The van der Waals surface area contributed by atoms with Crippen molar-refractivity contribution in [2.24, 2.45) is 0 Å². The van der Waals surface area contributed by atoms with Gasteiger partial charge >= 0.3 is 0 Å². The molecule has 0 aliphatic carbocycles. The van der Waals surface area contributed by atoms with Crippen molar-refractivity contribution in [2.75, 3.05) is 10.0 Å². The molecule has 0 atom stereocenters. The van der Waals surface area contributed by atoms with Crippen LogP contribution in [0.2, 0.25) is 0 Å². The van der Waals surface area contributed by atoms with Gasteiger partial charge in [-0.1, -0.05) is 28.1 Å². The fourth-order valence-corrected chi connectivity index (χ4v) is 4.47. The van der Waals surface area contributed by atoms with E-state index in [4.69, 9.17) is 0 Å². The van der Waals surface area contributed by atoms with Crippen molar-refractivity contribution in [3.8, 4) is 0 Å². The molecule has 3 aromatic rings. The number of anilines is 2. The zero-order chi connectivity index (χ0) is 17.8. The number of carbonyl (C=O) groups is 1. The average Bonchev–Trinajstić information content (AvgIpc) is 2.88. The Morgan fingerprint density at radius 2 is 1.88 bits per heavy atom. The number of hydrogen-bond donors (Lipinski definition) is 2. The fraction of sp³-hybridized carbons (Fsp3) is 0. The van der Waals surface area contributed by atoms with Crippen LogP contribution in [0.25, 0.3) is 10.8 Å². The molecule has 2 N–H and O–H groups in total. The van der Waals surface area contributed by atoms with E-state index in [2.05, 4.69) is 26.0 Å². The Kier molecular flexibility index (Phi) is 3.55. The highest BCUT2D eigenvalue weighted by Gasteiger charge is 2.26. The zero-order valence-electron chi connectivity index (χ0n) is 12.5. The molecule has 3 aromatic carbocycles. The number of nitrogens with one attached hydrogen (secondary N) is 2. The van der Waals surface area contributed by atoms with Crippen LogP contribution in [0, 0.1) is 5.82 Å². The first-order chi connectivity index (χ1) is 11.9. The SMILES string of the molecule is O=C1Nc2ccc(S(=O)(=O)Nc3ccc(Br)cc3F)c3cccc1c23. The van der Waals surface area contributed by atoms with Crippen LogP contribution >= 0.6 is 15.9 Å². The van der Waals surface area contributed by atoms with Gasteiger partial charge in [0, 0.05) is 26.5 Å². The maximum atomic E-state index is 14.0. The van der Waals surface area contributed by atoms with Crippen LogP contribution in [0.15, 0.2) is 57.9 Å². The minimum Gasteiger partial charge on any atom is -0.321 e. The molecule has 1 heterocycles. The standard InChI is InChI=1S/C17H10BrFN2O3S/c18-9-4-5-13(12(19)8-9)21-25(23,24)15-7-6-14-16-10(15)2-1-3-11(16)17(22)20-14/h1-8,21H,(H,20,22). The molecule has 0 unspecified atom stereocenters. The zero-order valence-corrected chi connectivity index (χ0v) is 14.9. The van der Waals surface area contributed by atoms with Crippen LogP contribution in [-0.2, 0) is 10.0 Å². The molecule has 0 bridgehead atoms. The molecular formula is C17H10BrFN2O3S. The van der Waals surface area contributed by atoms with E-state index in [1.807, 2.05) is 0 Å². The molecule has 0 saturated heterocycles. The van der Waals surface area contributed by atoms with E-state index in [1.165, 1.54) is 30.3 Å². The lowest BCUT2D eigenvalue weighted by Crippen LogP contribution is -2.14. The minimum absolute atomic E-state index is 0.0214. The predicted molar refractivity (Wildman–Crippen MR) is 96.8 cm³/mol. The molecule has 25 heavy (non-hydrogen) atoms. The molecular weight excluding hydrogens is 411 g/mol. The van der Waals surface area contributed by atoms with Gasteiger partial charge in [0.2, 0.25) is 0 Å². The van der Waals surface area contributed by atoms with Gasteiger partial charge in [0.05, 0.1) is 10.6 Å². The number of sulfonamides is 1. The Balaban J connectivity index is 1.87. The number of rotatable bonds is 3. The summed E-state index contributed by atoms with van der Waals surface area (Å²) in [4.78, 5) is 11.9. The summed E-state index contributed by atoms with van der Waals surface area (Å²) in [6, 6.07) is 11.8. The molecule has 4 rings (SSSR count).